The summed E-state index contributed by atoms with van der Waals surface area (Å²) in [5, 5.41) is 8.89. The smallest absolute Gasteiger partial charge is 0.255 e. The first kappa shape index (κ1) is 16.6. The van der Waals surface area contributed by atoms with E-state index < -0.39 is 5.82 Å². The highest BCUT2D eigenvalue weighted by molar-refractivity contribution is 7.09. The van der Waals surface area contributed by atoms with E-state index in [-0.39, 0.29) is 11.7 Å². The van der Waals surface area contributed by atoms with Gasteiger partial charge in [0.15, 0.2) is 11.6 Å². The molecule has 3 N–H and O–H groups in total. The maximum atomic E-state index is 14.1. The molecule has 0 unspecified atom stereocenters. The van der Waals surface area contributed by atoms with Gasteiger partial charge in [-0.1, -0.05) is 6.07 Å². The van der Waals surface area contributed by atoms with Gasteiger partial charge in [-0.25, -0.2) is 9.37 Å². The van der Waals surface area contributed by atoms with Gasteiger partial charge in [0.25, 0.3) is 5.91 Å². The minimum atomic E-state index is -0.475. The van der Waals surface area contributed by atoms with E-state index in [0.717, 1.165) is 16.4 Å². The van der Waals surface area contributed by atoms with Gasteiger partial charge in [0.2, 0.25) is 0 Å². The molecule has 0 bridgehead atoms. The summed E-state index contributed by atoms with van der Waals surface area (Å²) in [4.78, 5) is 20.3. The second kappa shape index (κ2) is 6.45. The number of carbonyl (C=O) groups is 1. The highest BCUT2D eigenvalue weighted by Gasteiger charge is 2.28. The molecular weight excluding hydrogens is 355 g/mol. The fourth-order valence-electron chi connectivity index (χ4n) is 3.12. The number of aryl methyl sites for hydroxylation is 1. The number of anilines is 2. The van der Waals surface area contributed by atoms with E-state index in [0.29, 0.717) is 35.6 Å². The second-order valence-corrected chi connectivity index (χ2v) is 6.99. The molecule has 26 heavy (non-hydrogen) atoms. The van der Waals surface area contributed by atoms with Gasteiger partial charge in [0, 0.05) is 24.0 Å². The summed E-state index contributed by atoms with van der Waals surface area (Å²) in [5.74, 6) is -0.546. The summed E-state index contributed by atoms with van der Waals surface area (Å²) in [5.41, 5.74) is 3.85. The number of halogens is 1. The summed E-state index contributed by atoms with van der Waals surface area (Å²) >= 11 is 1.53. The molecule has 2 aromatic heterocycles. The van der Waals surface area contributed by atoms with Crippen molar-refractivity contribution in [1.29, 1.82) is 0 Å². The largest absolute Gasteiger partial charge is 0.492 e. The molecule has 1 aliphatic heterocycles. The molecule has 0 saturated carbocycles. The zero-order chi connectivity index (χ0) is 18.3. The van der Waals surface area contributed by atoms with Crippen LogP contribution in [0.25, 0.3) is 11.4 Å². The van der Waals surface area contributed by atoms with Gasteiger partial charge >= 0.3 is 0 Å². The number of amides is 1. The molecule has 6 nitrogen and oxygen atoms in total. The summed E-state index contributed by atoms with van der Waals surface area (Å²) in [6.07, 6.45) is 0.694. The highest BCUT2D eigenvalue weighted by atomic mass is 32.1. The Balaban J connectivity index is 1.88. The number of hydrogen-bond acceptors (Lipinski definition) is 5. The van der Waals surface area contributed by atoms with Crippen molar-refractivity contribution in [2.45, 2.75) is 13.3 Å². The third-order valence-corrected chi connectivity index (χ3v) is 5.04. The van der Waals surface area contributed by atoms with E-state index in [1.54, 1.807) is 12.1 Å². The fraction of sp³-hybridized carbons (Fsp3) is 0.222. The van der Waals surface area contributed by atoms with Gasteiger partial charge in [-0.05, 0) is 19.1 Å². The minimum absolute atomic E-state index is 0.0964. The molecule has 3 aromatic rings. The van der Waals surface area contributed by atoms with Crippen LogP contribution >= 0.6 is 11.3 Å². The molecule has 0 atom stereocenters. The van der Waals surface area contributed by atoms with Crippen molar-refractivity contribution >= 4 is 28.6 Å². The molecule has 3 heterocycles. The number of benzene rings is 1. The maximum absolute atomic E-state index is 14.1. The average molecular weight is 372 g/mol. The predicted molar refractivity (Wildman–Crippen MR) is 98.9 cm³/mol. The Morgan fingerprint density at radius 1 is 1.38 bits per heavy atom. The predicted octanol–water partition coefficient (Wildman–Crippen LogP) is 3.62. The van der Waals surface area contributed by atoms with Crippen molar-refractivity contribution < 1.29 is 13.9 Å². The third kappa shape index (κ3) is 2.72. The van der Waals surface area contributed by atoms with Crippen LogP contribution in [-0.4, -0.2) is 29.5 Å². The minimum Gasteiger partial charge on any atom is -0.492 e. The number of fused-ring (bicyclic) bond motifs is 1. The Hall–Kier alpha value is -2.87. The van der Waals surface area contributed by atoms with Gasteiger partial charge in [-0.3, -0.25) is 4.79 Å². The summed E-state index contributed by atoms with van der Waals surface area (Å²) in [6, 6.07) is 4.62. The average Bonchev–Trinajstić information content (AvgIpc) is 3.20. The molecule has 4 rings (SSSR count). The van der Waals surface area contributed by atoms with Gasteiger partial charge < -0.3 is 20.4 Å². The highest BCUT2D eigenvalue weighted by Crippen LogP contribution is 2.39. The first-order chi connectivity index (χ1) is 12.6. The number of hydrogen-bond donors (Lipinski definition) is 3. The SMILES string of the molecule is COc1c(F)cccc1Nc1c(-c2csc(C)n2)[nH]c2c1C(=O)NCC2. The van der Waals surface area contributed by atoms with Gasteiger partial charge in [-0.15, -0.1) is 11.3 Å². The molecule has 1 amide bonds. The molecule has 0 saturated heterocycles. The third-order valence-electron chi connectivity index (χ3n) is 4.27. The molecule has 0 aliphatic carbocycles. The Morgan fingerprint density at radius 3 is 2.96 bits per heavy atom. The maximum Gasteiger partial charge on any atom is 0.255 e. The lowest BCUT2D eigenvalue weighted by atomic mass is 10.1. The second-order valence-electron chi connectivity index (χ2n) is 5.93. The van der Waals surface area contributed by atoms with Crippen molar-refractivity contribution in [1.82, 2.24) is 15.3 Å². The Morgan fingerprint density at radius 2 is 2.23 bits per heavy atom. The van der Waals surface area contributed by atoms with Crippen molar-refractivity contribution in [3.8, 4) is 17.1 Å². The number of ether oxygens (including phenoxy) is 1. The first-order valence-electron chi connectivity index (χ1n) is 8.13. The van der Waals surface area contributed by atoms with Gasteiger partial charge in [0.1, 0.15) is 0 Å². The molecule has 1 aliphatic rings. The van der Waals surface area contributed by atoms with E-state index >= 15 is 0 Å². The molecule has 134 valence electrons. The van der Waals surface area contributed by atoms with Crippen LogP contribution in [0.4, 0.5) is 15.8 Å². The molecule has 1 aromatic carbocycles. The first-order valence-corrected chi connectivity index (χ1v) is 9.01. The Labute approximate surface area is 153 Å². The van der Waals surface area contributed by atoms with Crippen molar-refractivity contribution in [3.05, 3.63) is 45.7 Å². The number of aromatic nitrogens is 2. The van der Waals surface area contributed by atoms with Crippen LogP contribution in [0.3, 0.4) is 0 Å². The topological polar surface area (TPSA) is 79.0 Å². The normalized spacial score (nSPS) is 13.3. The van der Waals surface area contributed by atoms with Crippen LogP contribution in [0, 0.1) is 12.7 Å². The molecular formula is C18H17FN4O2S. The Kier molecular flexibility index (Phi) is 4.12. The van der Waals surface area contributed by atoms with Crippen LogP contribution in [0.5, 0.6) is 5.75 Å². The number of aromatic amines is 1. The number of para-hydroxylation sites is 1. The van der Waals surface area contributed by atoms with Crippen LogP contribution in [0.2, 0.25) is 0 Å². The molecule has 0 radical (unpaired) electrons. The standard InChI is InChI=1S/C18H17FN4O2S/c1-9-21-13(8-26-9)15-16(14-11(22-15)6-7-20-18(14)24)23-12-5-3-4-10(19)17(12)25-2/h3-5,8,22-23H,6-7H2,1-2H3,(H,20,24). The van der Waals surface area contributed by atoms with E-state index in [9.17, 15) is 9.18 Å². The number of nitrogens with zero attached hydrogens (tertiary/aromatic N) is 1. The van der Waals surface area contributed by atoms with E-state index in [1.165, 1.54) is 24.5 Å². The van der Waals surface area contributed by atoms with Crippen LogP contribution in [-0.2, 0) is 6.42 Å². The Bertz CT molecular complexity index is 995. The summed E-state index contributed by atoms with van der Waals surface area (Å²) in [7, 11) is 1.41. The monoisotopic (exact) mass is 372 g/mol. The number of nitrogens with one attached hydrogen (secondary N) is 3. The van der Waals surface area contributed by atoms with Gasteiger partial charge in [0.05, 0.1) is 40.4 Å². The van der Waals surface area contributed by atoms with Crippen LogP contribution in [0.15, 0.2) is 23.6 Å². The van der Waals surface area contributed by atoms with Crippen molar-refractivity contribution in [3.63, 3.8) is 0 Å². The van der Waals surface area contributed by atoms with Crippen molar-refractivity contribution in [2.75, 3.05) is 19.0 Å². The lowest BCUT2D eigenvalue weighted by Gasteiger charge is -2.16. The zero-order valence-corrected chi connectivity index (χ0v) is 15.1. The number of carbonyl (C=O) groups excluding carboxylic acids is 1. The number of rotatable bonds is 4. The van der Waals surface area contributed by atoms with E-state index in [1.807, 2.05) is 12.3 Å². The van der Waals surface area contributed by atoms with E-state index in [4.69, 9.17) is 4.74 Å². The lowest BCUT2D eigenvalue weighted by Crippen LogP contribution is -2.31. The lowest BCUT2D eigenvalue weighted by molar-refractivity contribution is 0.0947. The van der Waals surface area contributed by atoms with Crippen molar-refractivity contribution in [2.24, 2.45) is 0 Å². The molecule has 0 spiro atoms. The van der Waals surface area contributed by atoms with E-state index in [2.05, 4.69) is 20.6 Å². The van der Waals surface area contributed by atoms with Crippen LogP contribution in [0.1, 0.15) is 21.1 Å². The molecule has 0 fully saturated rings. The summed E-state index contributed by atoms with van der Waals surface area (Å²) < 4.78 is 19.2. The van der Waals surface area contributed by atoms with Gasteiger partial charge in [-0.2, -0.15) is 0 Å². The summed E-state index contributed by atoms with van der Waals surface area (Å²) in [6.45, 7) is 2.50. The number of methoxy groups -OCH3 is 1. The fourth-order valence-corrected chi connectivity index (χ4v) is 3.73. The number of H-pyrrole nitrogens is 1. The number of thiazole rings is 1. The van der Waals surface area contributed by atoms with Crippen LogP contribution < -0.4 is 15.4 Å². The molecule has 8 heteroatoms. The quantitative estimate of drug-likeness (QED) is 0.654. The zero-order valence-electron chi connectivity index (χ0n) is 14.3.